The van der Waals surface area contributed by atoms with Crippen molar-refractivity contribution >= 4 is 23.4 Å². The zero-order valence-corrected chi connectivity index (χ0v) is 22.0. The minimum absolute atomic E-state index is 0.0358. The minimum atomic E-state index is -0.778. The summed E-state index contributed by atoms with van der Waals surface area (Å²) in [6, 6.07) is 29.6. The monoisotopic (exact) mass is 510 g/mol. The van der Waals surface area contributed by atoms with Crippen LogP contribution in [0.5, 0.6) is 0 Å². The quantitative estimate of drug-likeness (QED) is 0.509. The standard InChI is InChI=1S/C31H34N4O3/c1-32(2)27(36)22-34-23-35(26-16-10-5-11-17-26)31(30(34)38)18-20-33(21-19-31)29(37)28(24-12-6-3-7-13-24)25-14-8-4-9-15-25/h3-17,28H,18-23H2,1-2H3. The highest BCUT2D eigenvalue weighted by Crippen LogP contribution is 2.40. The van der Waals surface area contributed by atoms with Crippen LogP contribution in [-0.4, -0.2) is 78.4 Å². The van der Waals surface area contributed by atoms with Crippen molar-refractivity contribution in [1.29, 1.82) is 0 Å². The number of benzene rings is 3. The highest BCUT2D eigenvalue weighted by atomic mass is 16.2. The van der Waals surface area contributed by atoms with Gasteiger partial charge in [0, 0.05) is 32.9 Å². The number of piperidine rings is 1. The van der Waals surface area contributed by atoms with E-state index in [1.54, 1.807) is 19.0 Å². The molecule has 0 aromatic heterocycles. The van der Waals surface area contributed by atoms with Gasteiger partial charge in [-0.1, -0.05) is 78.9 Å². The third-order valence-corrected chi connectivity index (χ3v) is 7.82. The molecule has 3 aromatic rings. The Bertz CT molecular complexity index is 1230. The molecule has 2 fully saturated rings. The average molecular weight is 511 g/mol. The molecule has 0 atom stereocenters. The van der Waals surface area contributed by atoms with Crippen LogP contribution in [0.15, 0.2) is 91.0 Å². The van der Waals surface area contributed by atoms with Crippen molar-refractivity contribution in [3.8, 4) is 0 Å². The highest BCUT2D eigenvalue weighted by molar-refractivity contribution is 5.96. The lowest BCUT2D eigenvalue weighted by Crippen LogP contribution is -2.58. The van der Waals surface area contributed by atoms with E-state index in [1.807, 2.05) is 95.9 Å². The zero-order valence-electron chi connectivity index (χ0n) is 22.0. The molecule has 2 heterocycles. The van der Waals surface area contributed by atoms with Crippen LogP contribution in [0, 0.1) is 0 Å². The SMILES string of the molecule is CN(C)C(=O)CN1CN(c2ccccc2)C2(CCN(C(=O)C(c3ccccc3)c3ccccc3)CC2)C1=O. The Morgan fingerprint density at radius 3 is 1.82 bits per heavy atom. The van der Waals surface area contributed by atoms with Gasteiger partial charge in [0.15, 0.2) is 0 Å². The van der Waals surface area contributed by atoms with Gasteiger partial charge in [-0.25, -0.2) is 0 Å². The van der Waals surface area contributed by atoms with Gasteiger partial charge in [-0.15, -0.1) is 0 Å². The normalized spacial score (nSPS) is 16.8. The van der Waals surface area contributed by atoms with Gasteiger partial charge in [-0.2, -0.15) is 0 Å². The van der Waals surface area contributed by atoms with E-state index < -0.39 is 11.5 Å². The number of amides is 3. The summed E-state index contributed by atoms with van der Waals surface area (Å²) in [7, 11) is 3.40. The van der Waals surface area contributed by atoms with Crippen LogP contribution in [0.25, 0.3) is 0 Å². The molecule has 0 aliphatic carbocycles. The van der Waals surface area contributed by atoms with Crippen LogP contribution in [0.3, 0.4) is 0 Å². The number of likely N-dealkylation sites (N-methyl/N-ethyl adjacent to an activating group) is 1. The summed E-state index contributed by atoms with van der Waals surface area (Å²) in [5.41, 5.74) is 2.09. The van der Waals surface area contributed by atoms with E-state index in [4.69, 9.17) is 0 Å². The number of likely N-dealkylation sites (tertiary alicyclic amines) is 1. The van der Waals surface area contributed by atoms with E-state index in [2.05, 4.69) is 4.90 Å². The summed E-state index contributed by atoms with van der Waals surface area (Å²) in [4.78, 5) is 47.6. The van der Waals surface area contributed by atoms with Crippen LogP contribution >= 0.6 is 0 Å². The Balaban J connectivity index is 1.40. The molecule has 0 unspecified atom stereocenters. The molecule has 7 heteroatoms. The molecular formula is C31H34N4O3. The molecule has 2 saturated heterocycles. The van der Waals surface area contributed by atoms with Gasteiger partial charge in [-0.05, 0) is 36.1 Å². The number of para-hydroxylation sites is 1. The van der Waals surface area contributed by atoms with Gasteiger partial charge in [0.2, 0.25) is 11.8 Å². The number of carbonyl (C=O) groups excluding carboxylic acids is 3. The number of carbonyl (C=O) groups is 3. The summed E-state index contributed by atoms with van der Waals surface area (Å²) >= 11 is 0. The number of anilines is 1. The van der Waals surface area contributed by atoms with Crippen molar-refractivity contribution in [1.82, 2.24) is 14.7 Å². The topological polar surface area (TPSA) is 64.2 Å². The third-order valence-electron chi connectivity index (χ3n) is 7.82. The highest BCUT2D eigenvalue weighted by Gasteiger charge is 2.54. The molecule has 7 nitrogen and oxygen atoms in total. The summed E-state index contributed by atoms with van der Waals surface area (Å²) in [6.07, 6.45) is 1.02. The second-order valence-corrected chi connectivity index (χ2v) is 10.3. The molecule has 0 saturated carbocycles. The van der Waals surface area contributed by atoms with E-state index in [-0.39, 0.29) is 24.3 Å². The van der Waals surface area contributed by atoms with Crippen molar-refractivity contribution in [3.63, 3.8) is 0 Å². The molecule has 0 N–H and O–H groups in total. The van der Waals surface area contributed by atoms with E-state index >= 15 is 0 Å². The molecule has 2 aliphatic heterocycles. The third kappa shape index (κ3) is 4.76. The predicted molar refractivity (Wildman–Crippen MR) is 147 cm³/mol. The first kappa shape index (κ1) is 25.5. The predicted octanol–water partition coefficient (Wildman–Crippen LogP) is 3.57. The first-order chi connectivity index (χ1) is 18.4. The van der Waals surface area contributed by atoms with Crippen molar-refractivity contribution in [2.45, 2.75) is 24.3 Å². The second kappa shape index (κ2) is 10.7. The van der Waals surface area contributed by atoms with Crippen molar-refractivity contribution in [2.75, 3.05) is 45.3 Å². The molecule has 0 radical (unpaired) electrons. The first-order valence-electron chi connectivity index (χ1n) is 13.1. The molecule has 196 valence electrons. The molecule has 3 aromatic carbocycles. The average Bonchev–Trinajstić information content (AvgIpc) is 3.21. The van der Waals surface area contributed by atoms with Crippen LogP contribution < -0.4 is 4.90 Å². The van der Waals surface area contributed by atoms with Gasteiger partial charge < -0.3 is 19.6 Å². The van der Waals surface area contributed by atoms with E-state index in [1.165, 1.54) is 4.90 Å². The van der Waals surface area contributed by atoms with E-state index in [0.29, 0.717) is 32.6 Å². The summed E-state index contributed by atoms with van der Waals surface area (Å²) in [5, 5.41) is 0. The zero-order chi connectivity index (χ0) is 26.7. The fraction of sp³-hybridized carbons (Fsp3) is 0.323. The minimum Gasteiger partial charge on any atom is -0.347 e. The maximum absolute atomic E-state index is 14.0. The number of rotatable bonds is 6. The van der Waals surface area contributed by atoms with Gasteiger partial charge in [0.1, 0.15) is 12.1 Å². The molecule has 5 rings (SSSR count). The molecule has 3 amide bonds. The lowest BCUT2D eigenvalue weighted by molar-refractivity contribution is -0.141. The fourth-order valence-corrected chi connectivity index (χ4v) is 5.68. The maximum atomic E-state index is 14.0. The fourth-order valence-electron chi connectivity index (χ4n) is 5.68. The smallest absolute Gasteiger partial charge is 0.250 e. The van der Waals surface area contributed by atoms with Crippen molar-refractivity contribution in [3.05, 3.63) is 102 Å². The Labute approximate surface area is 224 Å². The van der Waals surface area contributed by atoms with Crippen molar-refractivity contribution < 1.29 is 14.4 Å². The Kier molecular flexibility index (Phi) is 7.18. The van der Waals surface area contributed by atoms with Gasteiger partial charge >= 0.3 is 0 Å². The number of hydrogen-bond acceptors (Lipinski definition) is 4. The van der Waals surface area contributed by atoms with Crippen LogP contribution in [0.2, 0.25) is 0 Å². The summed E-state index contributed by atoms with van der Waals surface area (Å²) in [6.45, 7) is 1.34. The number of hydrogen-bond donors (Lipinski definition) is 0. The second-order valence-electron chi connectivity index (χ2n) is 10.3. The van der Waals surface area contributed by atoms with Gasteiger partial charge in [-0.3, -0.25) is 14.4 Å². The first-order valence-corrected chi connectivity index (χ1v) is 13.1. The Morgan fingerprint density at radius 1 is 0.816 bits per heavy atom. The number of nitrogens with zero attached hydrogens (tertiary/aromatic N) is 4. The maximum Gasteiger partial charge on any atom is 0.250 e. The molecule has 2 aliphatic rings. The molecule has 0 bridgehead atoms. The summed E-state index contributed by atoms with van der Waals surface area (Å²) in [5.74, 6) is -0.491. The lowest BCUT2D eigenvalue weighted by Gasteiger charge is -2.44. The Morgan fingerprint density at radius 2 is 1.32 bits per heavy atom. The lowest BCUT2D eigenvalue weighted by atomic mass is 9.83. The van der Waals surface area contributed by atoms with Gasteiger partial charge in [0.05, 0.1) is 12.6 Å². The van der Waals surface area contributed by atoms with E-state index in [9.17, 15) is 14.4 Å². The molecular weight excluding hydrogens is 476 g/mol. The molecule has 38 heavy (non-hydrogen) atoms. The summed E-state index contributed by atoms with van der Waals surface area (Å²) < 4.78 is 0. The Hall–Kier alpha value is -4.13. The van der Waals surface area contributed by atoms with Crippen LogP contribution in [-0.2, 0) is 14.4 Å². The largest absolute Gasteiger partial charge is 0.347 e. The van der Waals surface area contributed by atoms with Gasteiger partial charge in [0.25, 0.3) is 5.91 Å². The van der Waals surface area contributed by atoms with Crippen molar-refractivity contribution in [2.24, 2.45) is 0 Å². The molecule has 1 spiro atoms. The van der Waals surface area contributed by atoms with E-state index in [0.717, 1.165) is 16.8 Å². The van der Waals surface area contributed by atoms with Crippen LogP contribution in [0.1, 0.15) is 29.9 Å². The van der Waals surface area contributed by atoms with Crippen LogP contribution in [0.4, 0.5) is 5.69 Å².